The van der Waals surface area contributed by atoms with E-state index >= 15 is 0 Å². The van der Waals surface area contributed by atoms with E-state index in [0.717, 1.165) is 37.7 Å². The fourth-order valence-corrected chi connectivity index (χ4v) is 4.22. The SMILES string of the molecule is Cc1ccc(S(=O)(=O)NCc2ccc(/C=N/NC(=O)C(=O)NC3CCCCC3)o2)cc1. The van der Waals surface area contributed by atoms with Crippen molar-refractivity contribution in [3.8, 4) is 0 Å². The Morgan fingerprint density at radius 3 is 2.48 bits per heavy atom. The molecule has 1 aromatic heterocycles. The maximum Gasteiger partial charge on any atom is 0.329 e. The van der Waals surface area contributed by atoms with Crippen molar-refractivity contribution in [3.63, 3.8) is 0 Å². The molecular weight excluding hydrogens is 420 g/mol. The summed E-state index contributed by atoms with van der Waals surface area (Å²) in [5, 5.41) is 6.42. The van der Waals surface area contributed by atoms with E-state index in [0.29, 0.717) is 11.5 Å². The van der Waals surface area contributed by atoms with Crippen molar-refractivity contribution >= 4 is 28.1 Å². The average Bonchev–Trinajstić information content (AvgIpc) is 3.21. The Labute approximate surface area is 181 Å². The lowest BCUT2D eigenvalue weighted by atomic mass is 9.95. The van der Waals surface area contributed by atoms with Gasteiger partial charge in [-0.15, -0.1) is 0 Å². The van der Waals surface area contributed by atoms with Crippen LogP contribution in [0, 0.1) is 6.92 Å². The van der Waals surface area contributed by atoms with Gasteiger partial charge in [0, 0.05) is 6.04 Å². The number of nitrogens with one attached hydrogen (secondary N) is 3. The molecule has 3 rings (SSSR count). The van der Waals surface area contributed by atoms with E-state index in [2.05, 4.69) is 20.6 Å². The summed E-state index contributed by atoms with van der Waals surface area (Å²) in [6.07, 6.45) is 6.25. The predicted octanol–water partition coefficient (Wildman–Crippen LogP) is 1.97. The van der Waals surface area contributed by atoms with Gasteiger partial charge in [0.1, 0.15) is 11.5 Å². The van der Waals surface area contributed by atoms with E-state index in [-0.39, 0.29) is 17.5 Å². The number of hydrogen-bond acceptors (Lipinski definition) is 6. The number of benzene rings is 1. The van der Waals surface area contributed by atoms with Crippen LogP contribution in [0.25, 0.3) is 0 Å². The average molecular weight is 447 g/mol. The molecule has 0 saturated heterocycles. The molecule has 1 aliphatic rings. The summed E-state index contributed by atoms with van der Waals surface area (Å²) in [6.45, 7) is 1.83. The molecule has 0 unspecified atom stereocenters. The minimum absolute atomic E-state index is 0.0345. The first-order valence-corrected chi connectivity index (χ1v) is 11.6. The lowest BCUT2D eigenvalue weighted by Gasteiger charge is -2.22. The topological polar surface area (TPSA) is 130 Å². The molecule has 1 heterocycles. The number of aryl methyl sites for hydroxylation is 1. The van der Waals surface area contributed by atoms with Gasteiger partial charge in [-0.2, -0.15) is 5.10 Å². The van der Waals surface area contributed by atoms with Crippen LogP contribution in [0.5, 0.6) is 0 Å². The third-order valence-electron chi connectivity index (χ3n) is 4.95. The molecule has 1 aliphatic carbocycles. The second-order valence-electron chi connectivity index (χ2n) is 7.45. The molecule has 0 radical (unpaired) electrons. The van der Waals surface area contributed by atoms with Crippen LogP contribution in [0.15, 0.2) is 50.8 Å². The molecule has 1 saturated carbocycles. The molecule has 0 spiro atoms. The van der Waals surface area contributed by atoms with E-state index in [4.69, 9.17) is 4.42 Å². The number of amides is 2. The van der Waals surface area contributed by atoms with Gasteiger partial charge in [0.25, 0.3) is 0 Å². The molecule has 1 fully saturated rings. The number of hydrogen-bond donors (Lipinski definition) is 3. The molecule has 0 aliphatic heterocycles. The summed E-state index contributed by atoms with van der Waals surface area (Å²) in [5.74, 6) is -0.884. The van der Waals surface area contributed by atoms with Crippen LogP contribution in [0.1, 0.15) is 49.2 Å². The minimum atomic E-state index is -3.66. The van der Waals surface area contributed by atoms with Gasteiger partial charge in [0.05, 0.1) is 17.7 Å². The van der Waals surface area contributed by atoms with E-state index in [9.17, 15) is 18.0 Å². The van der Waals surface area contributed by atoms with Crippen LogP contribution < -0.4 is 15.5 Å². The van der Waals surface area contributed by atoms with Gasteiger partial charge in [-0.25, -0.2) is 18.6 Å². The monoisotopic (exact) mass is 446 g/mol. The number of carbonyl (C=O) groups excluding carboxylic acids is 2. The first kappa shape index (κ1) is 22.7. The molecule has 0 bridgehead atoms. The van der Waals surface area contributed by atoms with Crippen LogP contribution in [0.4, 0.5) is 0 Å². The molecular formula is C21H26N4O5S. The summed E-state index contributed by atoms with van der Waals surface area (Å²) >= 11 is 0. The molecule has 0 atom stereocenters. The van der Waals surface area contributed by atoms with Crippen LogP contribution in [0.3, 0.4) is 0 Å². The highest BCUT2D eigenvalue weighted by Crippen LogP contribution is 2.17. The smallest absolute Gasteiger partial charge is 0.329 e. The van der Waals surface area contributed by atoms with Crippen molar-refractivity contribution in [1.29, 1.82) is 0 Å². The fourth-order valence-electron chi connectivity index (χ4n) is 3.23. The molecule has 1 aromatic carbocycles. The largest absolute Gasteiger partial charge is 0.459 e. The first-order chi connectivity index (χ1) is 14.8. The Hall–Kier alpha value is -2.98. The third-order valence-corrected chi connectivity index (χ3v) is 6.37. The van der Waals surface area contributed by atoms with Gasteiger partial charge in [-0.05, 0) is 44.0 Å². The maximum absolute atomic E-state index is 12.3. The van der Waals surface area contributed by atoms with Crippen LogP contribution in [0.2, 0.25) is 0 Å². The van der Waals surface area contributed by atoms with Crippen molar-refractivity contribution in [1.82, 2.24) is 15.5 Å². The number of furan rings is 1. The Kier molecular flexibility index (Phi) is 7.59. The van der Waals surface area contributed by atoms with E-state index in [1.54, 1.807) is 24.3 Å². The number of carbonyl (C=O) groups is 2. The van der Waals surface area contributed by atoms with Crippen LogP contribution in [-0.4, -0.2) is 32.5 Å². The highest BCUT2D eigenvalue weighted by molar-refractivity contribution is 7.89. The summed E-state index contributed by atoms with van der Waals surface area (Å²) < 4.78 is 32.6. The Balaban J connectivity index is 1.46. The van der Waals surface area contributed by atoms with Crippen molar-refractivity contribution in [2.45, 2.75) is 56.5 Å². The summed E-state index contributed by atoms with van der Waals surface area (Å²) in [7, 11) is -3.66. The zero-order valence-corrected chi connectivity index (χ0v) is 18.1. The normalized spacial score (nSPS) is 15.1. The van der Waals surface area contributed by atoms with Gasteiger partial charge in [-0.1, -0.05) is 37.0 Å². The quantitative estimate of drug-likeness (QED) is 0.340. The van der Waals surface area contributed by atoms with Crippen molar-refractivity contribution in [3.05, 3.63) is 53.5 Å². The van der Waals surface area contributed by atoms with Gasteiger partial charge in [0.2, 0.25) is 10.0 Å². The van der Waals surface area contributed by atoms with Crippen molar-refractivity contribution in [2.24, 2.45) is 5.10 Å². The number of nitrogens with zero attached hydrogens (tertiary/aromatic N) is 1. The molecule has 9 nitrogen and oxygen atoms in total. The zero-order valence-electron chi connectivity index (χ0n) is 17.3. The lowest BCUT2D eigenvalue weighted by molar-refractivity contribution is -0.139. The second-order valence-corrected chi connectivity index (χ2v) is 9.22. The lowest BCUT2D eigenvalue weighted by Crippen LogP contribution is -2.44. The highest BCUT2D eigenvalue weighted by atomic mass is 32.2. The highest BCUT2D eigenvalue weighted by Gasteiger charge is 2.20. The molecule has 2 aromatic rings. The molecule has 31 heavy (non-hydrogen) atoms. The number of hydrazone groups is 1. The number of rotatable bonds is 7. The molecule has 10 heteroatoms. The van der Waals surface area contributed by atoms with Crippen molar-refractivity contribution in [2.75, 3.05) is 0 Å². The van der Waals surface area contributed by atoms with E-state index in [1.807, 2.05) is 6.92 Å². The van der Waals surface area contributed by atoms with Crippen LogP contribution >= 0.6 is 0 Å². The first-order valence-electron chi connectivity index (χ1n) is 10.1. The fraction of sp³-hybridized carbons (Fsp3) is 0.381. The summed E-state index contributed by atoms with van der Waals surface area (Å²) in [5.41, 5.74) is 3.12. The minimum Gasteiger partial charge on any atom is -0.459 e. The third kappa shape index (κ3) is 6.76. The van der Waals surface area contributed by atoms with Gasteiger partial charge < -0.3 is 9.73 Å². The predicted molar refractivity (Wildman–Crippen MR) is 115 cm³/mol. The molecule has 166 valence electrons. The standard InChI is InChI=1S/C21H26N4O5S/c1-15-7-11-19(12-8-15)31(28,29)23-14-18-10-9-17(30-18)13-22-25-21(27)20(26)24-16-5-3-2-4-6-16/h7-13,16,23H,2-6,14H2,1H3,(H,24,26)(H,25,27)/b22-13+. The Bertz CT molecular complexity index is 1040. The Morgan fingerprint density at radius 1 is 1.06 bits per heavy atom. The summed E-state index contributed by atoms with van der Waals surface area (Å²) in [4.78, 5) is 23.9. The van der Waals surface area contributed by atoms with E-state index in [1.165, 1.54) is 18.3 Å². The molecule has 3 N–H and O–H groups in total. The number of sulfonamides is 1. The second kappa shape index (κ2) is 10.4. The van der Waals surface area contributed by atoms with Crippen LogP contribution in [-0.2, 0) is 26.2 Å². The van der Waals surface area contributed by atoms with Gasteiger partial charge >= 0.3 is 11.8 Å². The van der Waals surface area contributed by atoms with Gasteiger partial charge in [0.15, 0.2) is 0 Å². The van der Waals surface area contributed by atoms with Crippen molar-refractivity contribution < 1.29 is 22.4 Å². The molecule has 2 amide bonds. The van der Waals surface area contributed by atoms with Gasteiger partial charge in [-0.3, -0.25) is 9.59 Å². The summed E-state index contributed by atoms with van der Waals surface area (Å²) in [6, 6.07) is 9.71. The Morgan fingerprint density at radius 2 is 1.77 bits per heavy atom. The maximum atomic E-state index is 12.3. The van der Waals surface area contributed by atoms with E-state index < -0.39 is 21.8 Å². The zero-order chi connectivity index (χ0) is 22.3.